The van der Waals surface area contributed by atoms with Crippen LogP contribution in [0.3, 0.4) is 0 Å². The van der Waals surface area contributed by atoms with Crippen molar-refractivity contribution in [2.75, 3.05) is 5.73 Å². The molecule has 0 heterocycles. The number of hydrogen-bond donors (Lipinski definition) is 1. The average molecular weight is 270 g/mol. The zero-order valence-corrected chi connectivity index (χ0v) is 8.52. The summed E-state index contributed by atoms with van der Waals surface area (Å²) in [6.07, 6.45) is -4.72. The van der Waals surface area contributed by atoms with Crippen molar-refractivity contribution in [3.05, 3.63) is 23.8 Å². The van der Waals surface area contributed by atoms with Gasteiger partial charge in [-0.05, 0) is 6.07 Å². The molecule has 1 rings (SSSR count). The number of benzene rings is 1. The standard InChI is InChI=1S/C8H7BrF3NO/c9-4-5-2-1-3-6(13)7(5)14-8(10,11)12/h1-3H,4,13H2. The molecule has 2 N–H and O–H groups in total. The van der Waals surface area contributed by atoms with Gasteiger partial charge in [0, 0.05) is 10.9 Å². The number of anilines is 1. The Morgan fingerprint density at radius 3 is 2.50 bits per heavy atom. The molecule has 14 heavy (non-hydrogen) atoms. The molecular weight excluding hydrogens is 263 g/mol. The highest BCUT2D eigenvalue weighted by molar-refractivity contribution is 9.08. The molecule has 1 aromatic carbocycles. The van der Waals surface area contributed by atoms with E-state index in [1.165, 1.54) is 12.1 Å². The molecule has 0 aromatic heterocycles. The first-order valence-corrected chi connectivity index (χ1v) is 4.75. The summed E-state index contributed by atoms with van der Waals surface area (Å²) >= 11 is 3.05. The lowest BCUT2D eigenvalue weighted by molar-refractivity contribution is -0.274. The Morgan fingerprint density at radius 1 is 1.36 bits per heavy atom. The first-order valence-electron chi connectivity index (χ1n) is 3.63. The average Bonchev–Trinajstić information content (AvgIpc) is 2.06. The first kappa shape index (κ1) is 11.2. The summed E-state index contributed by atoms with van der Waals surface area (Å²) in [5.74, 6) is -0.336. The number of nitrogen functional groups attached to an aromatic ring is 1. The van der Waals surface area contributed by atoms with Crippen molar-refractivity contribution in [2.24, 2.45) is 0 Å². The second kappa shape index (κ2) is 4.08. The Labute approximate surface area is 87.0 Å². The van der Waals surface area contributed by atoms with Crippen molar-refractivity contribution >= 4 is 21.6 Å². The lowest BCUT2D eigenvalue weighted by atomic mass is 10.2. The molecule has 78 valence electrons. The Bertz CT molecular complexity index is 327. The van der Waals surface area contributed by atoms with Crippen LogP contribution >= 0.6 is 15.9 Å². The maximum Gasteiger partial charge on any atom is 0.573 e. The Hall–Kier alpha value is -0.910. The highest BCUT2D eigenvalue weighted by atomic mass is 79.9. The molecule has 0 amide bonds. The number of alkyl halides is 4. The van der Waals surface area contributed by atoms with Gasteiger partial charge in [-0.3, -0.25) is 0 Å². The minimum Gasteiger partial charge on any atom is -0.403 e. The van der Waals surface area contributed by atoms with E-state index < -0.39 is 6.36 Å². The molecule has 0 aliphatic rings. The van der Waals surface area contributed by atoms with Gasteiger partial charge < -0.3 is 10.5 Å². The van der Waals surface area contributed by atoms with Crippen LogP contribution in [0, 0.1) is 0 Å². The van der Waals surface area contributed by atoms with Crippen LogP contribution in [0.1, 0.15) is 5.56 Å². The number of hydrogen-bond acceptors (Lipinski definition) is 2. The molecule has 1 aromatic rings. The molecule has 0 atom stereocenters. The third-order valence-electron chi connectivity index (χ3n) is 1.49. The molecule has 0 bridgehead atoms. The quantitative estimate of drug-likeness (QED) is 0.662. The van der Waals surface area contributed by atoms with Gasteiger partial charge in [0.25, 0.3) is 0 Å². The first-order chi connectivity index (χ1) is 6.44. The van der Waals surface area contributed by atoms with E-state index in [-0.39, 0.29) is 16.8 Å². The van der Waals surface area contributed by atoms with Crippen molar-refractivity contribution in [1.29, 1.82) is 0 Å². The molecule has 0 saturated carbocycles. The van der Waals surface area contributed by atoms with E-state index >= 15 is 0 Å². The monoisotopic (exact) mass is 269 g/mol. The van der Waals surface area contributed by atoms with E-state index in [4.69, 9.17) is 5.73 Å². The predicted octanol–water partition coefficient (Wildman–Crippen LogP) is 3.06. The number of rotatable bonds is 2. The van der Waals surface area contributed by atoms with Crippen LogP contribution < -0.4 is 10.5 Å². The maximum absolute atomic E-state index is 11.9. The largest absolute Gasteiger partial charge is 0.573 e. The molecule has 0 saturated heterocycles. The van der Waals surface area contributed by atoms with E-state index in [0.717, 1.165) is 0 Å². The van der Waals surface area contributed by atoms with Gasteiger partial charge in [-0.2, -0.15) is 0 Å². The molecule has 2 nitrogen and oxygen atoms in total. The van der Waals surface area contributed by atoms with Gasteiger partial charge in [0.15, 0.2) is 5.75 Å². The van der Waals surface area contributed by atoms with Gasteiger partial charge in [0.1, 0.15) is 0 Å². The SMILES string of the molecule is Nc1cccc(CBr)c1OC(F)(F)F. The van der Waals surface area contributed by atoms with E-state index in [0.29, 0.717) is 5.56 Å². The Balaban J connectivity index is 3.05. The van der Waals surface area contributed by atoms with Crippen molar-refractivity contribution < 1.29 is 17.9 Å². The third-order valence-corrected chi connectivity index (χ3v) is 2.09. The van der Waals surface area contributed by atoms with Crippen molar-refractivity contribution in [3.8, 4) is 5.75 Å². The summed E-state index contributed by atoms with van der Waals surface area (Å²) in [5, 5.41) is 0.253. The molecule has 0 unspecified atom stereocenters. The Morgan fingerprint density at radius 2 is 2.00 bits per heavy atom. The van der Waals surface area contributed by atoms with E-state index in [2.05, 4.69) is 20.7 Å². The highest BCUT2D eigenvalue weighted by Crippen LogP contribution is 2.32. The summed E-state index contributed by atoms with van der Waals surface area (Å²) in [4.78, 5) is 0. The molecule has 6 heteroatoms. The number of nitrogens with two attached hydrogens (primary N) is 1. The fourth-order valence-corrected chi connectivity index (χ4v) is 1.39. The molecule has 0 spiro atoms. The molecular formula is C8H7BrF3NO. The lowest BCUT2D eigenvalue weighted by Crippen LogP contribution is -2.19. The summed E-state index contributed by atoms with van der Waals surface area (Å²) < 4.78 is 39.6. The molecule has 0 fully saturated rings. The molecule has 0 aliphatic heterocycles. The van der Waals surface area contributed by atoms with Crippen molar-refractivity contribution in [2.45, 2.75) is 11.7 Å². The second-order valence-corrected chi connectivity index (χ2v) is 3.08. The van der Waals surface area contributed by atoms with Crippen molar-refractivity contribution in [1.82, 2.24) is 0 Å². The van der Waals surface area contributed by atoms with Crippen LogP contribution in [0.25, 0.3) is 0 Å². The van der Waals surface area contributed by atoms with Crippen LogP contribution in [-0.2, 0) is 5.33 Å². The summed E-state index contributed by atoms with van der Waals surface area (Å²) in [5.41, 5.74) is 5.69. The number of halogens is 4. The molecule has 0 aliphatic carbocycles. The van der Waals surface area contributed by atoms with Gasteiger partial charge in [-0.1, -0.05) is 28.1 Å². The van der Waals surface area contributed by atoms with Gasteiger partial charge in [0.05, 0.1) is 5.69 Å². The fraction of sp³-hybridized carbons (Fsp3) is 0.250. The van der Waals surface area contributed by atoms with Crippen LogP contribution in [0.15, 0.2) is 18.2 Å². The zero-order chi connectivity index (χ0) is 10.8. The lowest BCUT2D eigenvalue weighted by Gasteiger charge is -2.13. The second-order valence-electron chi connectivity index (χ2n) is 2.52. The highest BCUT2D eigenvalue weighted by Gasteiger charge is 2.32. The summed E-state index contributed by atoms with van der Waals surface area (Å²) in [7, 11) is 0. The van der Waals surface area contributed by atoms with Crippen LogP contribution in [0.5, 0.6) is 5.75 Å². The van der Waals surface area contributed by atoms with Crippen LogP contribution in [-0.4, -0.2) is 6.36 Å². The third kappa shape index (κ3) is 2.80. The van der Waals surface area contributed by atoms with Gasteiger partial charge >= 0.3 is 6.36 Å². The zero-order valence-electron chi connectivity index (χ0n) is 6.94. The van der Waals surface area contributed by atoms with Gasteiger partial charge in [-0.25, -0.2) is 0 Å². The minimum atomic E-state index is -4.72. The van der Waals surface area contributed by atoms with E-state index in [9.17, 15) is 13.2 Å². The predicted molar refractivity (Wildman–Crippen MR) is 50.2 cm³/mol. The number of para-hydroxylation sites is 1. The van der Waals surface area contributed by atoms with Gasteiger partial charge in [0.2, 0.25) is 0 Å². The van der Waals surface area contributed by atoms with E-state index in [1.54, 1.807) is 6.07 Å². The topological polar surface area (TPSA) is 35.2 Å². The van der Waals surface area contributed by atoms with Crippen LogP contribution in [0.2, 0.25) is 0 Å². The summed E-state index contributed by atoms with van der Waals surface area (Å²) in [6, 6.07) is 4.43. The number of ether oxygens (including phenoxy) is 1. The Kier molecular flexibility index (Phi) is 3.25. The van der Waals surface area contributed by atoms with Crippen LogP contribution in [0.4, 0.5) is 18.9 Å². The normalized spacial score (nSPS) is 11.4. The smallest absolute Gasteiger partial charge is 0.403 e. The maximum atomic E-state index is 11.9. The van der Waals surface area contributed by atoms with E-state index in [1.807, 2.05) is 0 Å². The summed E-state index contributed by atoms with van der Waals surface area (Å²) in [6.45, 7) is 0. The van der Waals surface area contributed by atoms with Crippen molar-refractivity contribution in [3.63, 3.8) is 0 Å². The van der Waals surface area contributed by atoms with Gasteiger partial charge in [-0.15, -0.1) is 13.2 Å². The molecule has 0 radical (unpaired) electrons. The minimum absolute atomic E-state index is 0.0284. The fourth-order valence-electron chi connectivity index (χ4n) is 0.950.